The van der Waals surface area contributed by atoms with Crippen LogP contribution in [0.1, 0.15) is 20.3 Å². The fourth-order valence-electron chi connectivity index (χ4n) is 1.45. The molecule has 2 atom stereocenters. The largest absolute Gasteiger partial charge is 0.396 e. The Morgan fingerprint density at radius 1 is 1.67 bits per heavy atom. The topological polar surface area (TPSA) is 44.3 Å². The predicted molar refractivity (Wildman–Crippen MR) is 50.1 cm³/mol. The first-order chi connectivity index (χ1) is 5.66. The molecule has 2 unspecified atom stereocenters. The number of rotatable bonds is 4. The van der Waals surface area contributed by atoms with Gasteiger partial charge in [-0.3, -0.25) is 0 Å². The lowest BCUT2D eigenvalue weighted by molar-refractivity contribution is 0.221. The number of hydrogen-bond acceptors (Lipinski definition) is 3. The maximum Gasteiger partial charge on any atom is 0.0468 e. The zero-order chi connectivity index (χ0) is 9.03. The Morgan fingerprint density at radius 2 is 2.42 bits per heavy atom. The van der Waals surface area contributed by atoms with Gasteiger partial charge in [0.05, 0.1) is 0 Å². The maximum atomic E-state index is 8.84. The van der Waals surface area contributed by atoms with Crippen LogP contribution in [0.4, 0.5) is 0 Å². The lowest BCUT2D eigenvalue weighted by Crippen LogP contribution is -2.46. The molecule has 0 bridgehead atoms. The summed E-state index contributed by atoms with van der Waals surface area (Å²) < 4.78 is 0. The summed E-state index contributed by atoms with van der Waals surface area (Å²) in [6.07, 6.45) is 1.19. The summed E-state index contributed by atoms with van der Waals surface area (Å²) in [6.45, 7) is 7.63. The van der Waals surface area contributed by atoms with Gasteiger partial charge in [0, 0.05) is 25.2 Å². The van der Waals surface area contributed by atoms with Crippen molar-refractivity contribution in [2.75, 3.05) is 26.2 Å². The lowest BCUT2D eigenvalue weighted by atomic mass is 10.0. The first kappa shape index (κ1) is 9.96. The Kier molecular flexibility index (Phi) is 3.50. The highest BCUT2D eigenvalue weighted by atomic mass is 16.3. The smallest absolute Gasteiger partial charge is 0.0468 e. The molecule has 1 aliphatic rings. The molecule has 3 heteroatoms. The van der Waals surface area contributed by atoms with Crippen LogP contribution < -0.4 is 10.6 Å². The van der Waals surface area contributed by atoms with Crippen molar-refractivity contribution in [3.05, 3.63) is 0 Å². The Hall–Kier alpha value is -0.120. The van der Waals surface area contributed by atoms with Gasteiger partial charge in [0.1, 0.15) is 0 Å². The van der Waals surface area contributed by atoms with E-state index in [9.17, 15) is 0 Å². The van der Waals surface area contributed by atoms with Crippen LogP contribution in [0.25, 0.3) is 0 Å². The van der Waals surface area contributed by atoms with Crippen molar-refractivity contribution in [2.24, 2.45) is 5.92 Å². The highest BCUT2D eigenvalue weighted by Gasteiger charge is 2.27. The minimum atomic E-state index is 0.253. The first-order valence-electron chi connectivity index (χ1n) is 4.73. The molecule has 1 rings (SSSR count). The minimum Gasteiger partial charge on any atom is -0.396 e. The van der Waals surface area contributed by atoms with E-state index in [-0.39, 0.29) is 12.1 Å². The molecule has 72 valence electrons. The molecule has 1 saturated heterocycles. The van der Waals surface area contributed by atoms with E-state index in [1.165, 1.54) is 6.42 Å². The number of aliphatic hydroxyl groups excluding tert-OH is 1. The molecule has 0 amide bonds. The summed E-state index contributed by atoms with van der Waals surface area (Å²) >= 11 is 0. The van der Waals surface area contributed by atoms with Crippen molar-refractivity contribution in [1.82, 2.24) is 10.6 Å². The second-order valence-corrected chi connectivity index (χ2v) is 4.16. The zero-order valence-electron chi connectivity index (χ0n) is 8.06. The van der Waals surface area contributed by atoms with Gasteiger partial charge in [-0.25, -0.2) is 0 Å². The molecule has 0 radical (unpaired) electrons. The highest BCUT2D eigenvalue weighted by molar-refractivity contribution is 4.91. The quantitative estimate of drug-likeness (QED) is 0.557. The molecule has 0 aromatic heterocycles. The van der Waals surface area contributed by atoms with Gasteiger partial charge in [0.25, 0.3) is 0 Å². The SMILES string of the molecule is CC(CO)CNC1(C)CCNC1. The molecule has 3 N–H and O–H groups in total. The third-order valence-electron chi connectivity index (χ3n) is 2.56. The molecular weight excluding hydrogens is 152 g/mol. The van der Waals surface area contributed by atoms with Crippen molar-refractivity contribution in [2.45, 2.75) is 25.8 Å². The van der Waals surface area contributed by atoms with Gasteiger partial charge in [0.2, 0.25) is 0 Å². The van der Waals surface area contributed by atoms with Gasteiger partial charge < -0.3 is 15.7 Å². The Bertz CT molecular complexity index is 132. The second kappa shape index (κ2) is 4.21. The van der Waals surface area contributed by atoms with Gasteiger partial charge in [-0.1, -0.05) is 6.92 Å². The van der Waals surface area contributed by atoms with E-state index in [4.69, 9.17) is 5.11 Å². The minimum absolute atomic E-state index is 0.253. The molecule has 12 heavy (non-hydrogen) atoms. The summed E-state index contributed by atoms with van der Waals surface area (Å²) in [5, 5.41) is 15.7. The highest BCUT2D eigenvalue weighted by Crippen LogP contribution is 2.13. The molecule has 1 aliphatic heterocycles. The standard InChI is InChI=1S/C9H20N2O/c1-8(6-12)5-11-9(2)3-4-10-7-9/h8,10-12H,3-7H2,1-2H3. The summed E-state index contributed by atoms with van der Waals surface area (Å²) in [5.74, 6) is 0.363. The van der Waals surface area contributed by atoms with Crippen molar-refractivity contribution >= 4 is 0 Å². The van der Waals surface area contributed by atoms with Crippen LogP contribution in [0.3, 0.4) is 0 Å². The summed E-state index contributed by atoms with van der Waals surface area (Å²) in [7, 11) is 0. The number of nitrogens with one attached hydrogen (secondary N) is 2. The average Bonchev–Trinajstić information content (AvgIpc) is 2.49. The molecule has 3 nitrogen and oxygen atoms in total. The lowest BCUT2D eigenvalue weighted by Gasteiger charge is -2.26. The van der Waals surface area contributed by atoms with Crippen molar-refractivity contribution in [3.8, 4) is 0 Å². The Morgan fingerprint density at radius 3 is 2.92 bits per heavy atom. The zero-order valence-corrected chi connectivity index (χ0v) is 8.06. The van der Waals surface area contributed by atoms with E-state index >= 15 is 0 Å². The predicted octanol–water partition coefficient (Wildman–Crippen LogP) is -0.0436. The van der Waals surface area contributed by atoms with Gasteiger partial charge >= 0.3 is 0 Å². The first-order valence-corrected chi connectivity index (χ1v) is 4.73. The third kappa shape index (κ3) is 2.73. The maximum absolute atomic E-state index is 8.84. The molecular formula is C9H20N2O. The van der Waals surface area contributed by atoms with Crippen molar-refractivity contribution in [3.63, 3.8) is 0 Å². The molecule has 0 saturated carbocycles. The summed E-state index contributed by atoms with van der Waals surface area (Å²) in [4.78, 5) is 0. The Labute approximate surface area is 74.5 Å². The molecule has 0 aromatic rings. The normalized spacial score (nSPS) is 32.2. The fourth-order valence-corrected chi connectivity index (χ4v) is 1.45. The van der Waals surface area contributed by atoms with Crippen LogP contribution in [-0.4, -0.2) is 36.9 Å². The van der Waals surface area contributed by atoms with Crippen LogP contribution >= 0.6 is 0 Å². The molecule has 0 spiro atoms. The van der Waals surface area contributed by atoms with Crippen molar-refractivity contribution in [1.29, 1.82) is 0 Å². The Balaban J connectivity index is 2.21. The van der Waals surface area contributed by atoms with Gasteiger partial charge in [-0.15, -0.1) is 0 Å². The van der Waals surface area contributed by atoms with E-state index in [0.717, 1.165) is 19.6 Å². The van der Waals surface area contributed by atoms with E-state index in [2.05, 4.69) is 24.5 Å². The van der Waals surface area contributed by atoms with Crippen LogP contribution in [0, 0.1) is 5.92 Å². The van der Waals surface area contributed by atoms with E-state index in [0.29, 0.717) is 5.92 Å². The van der Waals surface area contributed by atoms with Gasteiger partial charge in [0.15, 0.2) is 0 Å². The fraction of sp³-hybridized carbons (Fsp3) is 1.00. The van der Waals surface area contributed by atoms with Gasteiger partial charge in [-0.05, 0) is 25.8 Å². The summed E-state index contributed by atoms with van der Waals surface area (Å²) in [5.41, 5.74) is 0.253. The number of hydrogen-bond donors (Lipinski definition) is 3. The molecule has 0 aliphatic carbocycles. The van der Waals surface area contributed by atoms with Crippen LogP contribution in [-0.2, 0) is 0 Å². The van der Waals surface area contributed by atoms with E-state index < -0.39 is 0 Å². The van der Waals surface area contributed by atoms with E-state index in [1.54, 1.807) is 0 Å². The van der Waals surface area contributed by atoms with Crippen LogP contribution in [0.5, 0.6) is 0 Å². The molecule has 0 aromatic carbocycles. The average molecular weight is 172 g/mol. The third-order valence-corrected chi connectivity index (χ3v) is 2.56. The number of aliphatic hydroxyl groups is 1. The van der Waals surface area contributed by atoms with Crippen molar-refractivity contribution < 1.29 is 5.11 Å². The van der Waals surface area contributed by atoms with Gasteiger partial charge in [-0.2, -0.15) is 0 Å². The summed E-state index contributed by atoms with van der Waals surface area (Å²) in [6, 6.07) is 0. The monoisotopic (exact) mass is 172 g/mol. The van der Waals surface area contributed by atoms with E-state index in [1.807, 2.05) is 0 Å². The second-order valence-electron chi connectivity index (χ2n) is 4.16. The molecule has 1 fully saturated rings. The van der Waals surface area contributed by atoms with Crippen LogP contribution in [0.15, 0.2) is 0 Å². The van der Waals surface area contributed by atoms with Crippen LogP contribution in [0.2, 0.25) is 0 Å². The molecule has 1 heterocycles.